The molecule has 15 heavy (non-hydrogen) atoms. The zero-order valence-electron chi connectivity index (χ0n) is 8.13. The maximum Gasteiger partial charge on any atom is 0.320 e. The minimum Gasteiger partial charge on any atom is -0.480 e. The fourth-order valence-corrected chi connectivity index (χ4v) is 1.17. The maximum absolute atomic E-state index is 10.5. The lowest BCUT2D eigenvalue weighted by molar-refractivity contribution is -0.138. The second kappa shape index (κ2) is 5.11. The van der Waals surface area contributed by atoms with Gasteiger partial charge in [0.25, 0.3) is 0 Å². The van der Waals surface area contributed by atoms with Gasteiger partial charge in [-0.2, -0.15) is 5.10 Å². The lowest BCUT2D eigenvalue weighted by Gasteiger charge is -2.06. The van der Waals surface area contributed by atoms with Crippen LogP contribution >= 0.6 is 0 Å². The maximum atomic E-state index is 10.5. The fourth-order valence-electron chi connectivity index (χ4n) is 1.17. The largest absolute Gasteiger partial charge is 0.480 e. The summed E-state index contributed by atoms with van der Waals surface area (Å²) in [6.07, 6.45) is 1.83. The summed E-state index contributed by atoms with van der Waals surface area (Å²) in [6, 6.07) is 6.36. The van der Waals surface area contributed by atoms with Crippen LogP contribution in [0.5, 0.6) is 0 Å². The van der Waals surface area contributed by atoms with Crippen molar-refractivity contribution >= 4 is 12.2 Å². The molecular weight excluding hydrogens is 194 g/mol. The van der Waals surface area contributed by atoms with Gasteiger partial charge < -0.3 is 16.7 Å². The van der Waals surface area contributed by atoms with E-state index in [2.05, 4.69) is 5.10 Å². The van der Waals surface area contributed by atoms with Crippen molar-refractivity contribution in [1.82, 2.24) is 0 Å². The van der Waals surface area contributed by atoms with Crippen molar-refractivity contribution in [2.75, 3.05) is 0 Å². The lowest BCUT2D eigenvalue weighted by Crippen LogP contribution is -2.32. The van der Waals surface area contributed by atoms with Crippen molar-refractivity contribution in [2.24, 2.45) is 16.7 Å². The Morgan fingerprint density at radius 1 is 1.47 bits per heavy atom. The third-order valence-electron chi connectivity index (χ3n) is 1.98. The van der Waals surface area contributed by atoms with Crippen LogP contribution in [0, 0.1) is 0 Å². The second-order valence-electron chi connectivity index (χ2n) is 3.17. The van der Waals surface area contributed by atoms with Gasteiger partial charge in [-0.3, -0.25) is 4.79 Å². The number of aliphatic carboxylic acids is 1. The number of hydrogen-bond donors (Lipinski definition) is 3. The van der Waals surface area contributed by atoms with Crippen LogP contribution in [0.15, 0.2) is 29.4 Å². The second-order valence-corrected chi connectivity index (χ2v) is 3.17. The molecule has 0 aliphatic carbocycles. The first kappa shape index (κ1) is 11.2. The number of hydrogen-bond acceptors (Lipinski definition) is 4. The Bertz CT molecular complexity index is 359. The van der Waals surface area contributed by atoms with E-state index in [-0.39, 0.29) is 0 Å². The highest BCUT2D eigenvalue weighted by molar-refractivity contribution is 5.79. The number of carbonyl (C=O) groups is 1. The molecule has 5 N–H and O–H groups in total. The van der Waals surface area contributed by atoms with Gasteiger partial charge in [-0.15, -0.1) is 0 Å². The number of carboxylic acids is 1. The highest BCUT2D eigenvalue weighted by atomic mass is 16.4. The lowest BCUT2D eigenvalue weighted by atomic mass is 10.1. The molecule has 1 rings (SSSR count). The minimum atomic E-state index is -0.998. The normalized spacial score (nSPS) is 12.9. The Balaban J connectivity index is 2.68. The van der Waals surface area contributed by atoms with Gasteiger partial charge in [-0.05, 0) is 17.5 Å². The molecule has 5 nitrogen and oxygen atoms in total. The summed E-state index contributed by atoms with van der Waals surface area (Å²) in [5, 5.41) is 12.0. The summed E-state index contributed by atoms with van der Waals surface area (Å²) in [5.41, 5.74) is 7.14. The van der Waals surface area contributed by atoms with Crippen LogP contribution in [0.25, 0.3) is 0 Å². The third-order valence-corrected chi connectivity index (χ3v) is 1.98. The third kappa shape index (κ3) is 3.40. The molecule has 0 spiro atoms. The van der Waals surface area contributed by atoms with Crippen LogP contribution < -0.4 is 11.6 Å². The molecule has 0 saturated heterocycles. The van der Waals surface area contributed by atoms with Crippen LogP contribution in [0.2, 0.25) is 0 Å². The summed E-state index contributed by atoms with van der Waals surface area (Å²) in [5.74, 6) is 3.99. The van der Waals surface area contributed by atoms with Crippen LogP contribution in [0.3, 0.4) is 0 Å². The van der Waals surface area contributed by atoms with E-state index in [1.807, 2.05) is 0 Å². The van der Waals surface area contributed by atoms with Crippen LogP contribution in [0.4, 0.5) is 0 Å². The summed E-state index contributed by atoms with van der Waals surface area (Å²) < 4.78 is 0. The summed E-state index contributed by atoms with van der Waals surface area (Å²) in [4.78, 5) is 10.5. The first-order chi connectivity index (χ1) is 7.13. The molecule has 0 fully saturated rings. The molecule has 0 aliphatic heterocycles. The Morgan fingerprint density at radius 2 is 2.07 bits per heavy atom. The van der Waals surface area contributed by atoms with Gasteiger partial charge in [0.05, 0.1) is 6.21 Å². The molecule has 5 heteroatoms. The van der Waals surface area contributed by atoms with Gasteiger partial charge in [0.15, 0.2) is 0 Å². The van der Waals surface area contributed by atoms with Crippen molar-refractivity contribution < 1.29 is 9.90 Å². The molecule has 0 unspecified atom stereocenters. The van der Waals surface area contributed by atoms with E-state index in [9.17, 15) is 4.79 Å². The number of nitrogens with zero attached hydrogens (tertiary/aromatic N) is 1. The zero-order chi connectivity index (χ0) is 11.3. The number of benzene rings is 1. The van der Waals surface area contributed by atoms with Crippen molar-refractivity contribution in [2.45, 2.75) is 12.5 Å². The zero-order valence-corrected chi connectivity index (χ0v) is 8.13. The van der Waals surface area contributed by atoms with Crippen LogP contribution in [-0.4, -0.2) is 23.3 Å². The van der Waals surface area contributed by atoms with E-state index in [1.54, 1.807) is 24.3 Å². The van der Waals surface area contributed by atoms with Crippen molar-refractivity contribution in [3.63, 3.8) is 0 Å². The molecule has 0 radical (unpaired) electrons. The monoisotopic (exact) mass is 207 g/mol. The number of nitrogens with two attached hydrogens (primary N) is 2. The predicted octanol–water partition coefficient (Wildman–Crippen LogP) is -0.0664. The Kier molecular flexibility index (Phi) is 3.82. The van der Waals surface area contributed by atoms with Crippen molar-refractivity contribution in [1.29, 1.82) is 0 Å². The van der Waals surface area contributed by atoms with Gasteiger partial charge in [0, 0.05) is 0 Å². The van der Waals surface area contributed by atoms with E-state index in [0.29, 0.717) is 6.42 Å². The molecule has 0 saturated carbocycles. The molecule has 0 amide bonds. The van der Waals surface area contributed by atoms with Crippen LogP contribution in [0.1, 0.15) is 11.1 Å². The van der Waals surface area contributed by atoms with Crippen molar-refractivity contribution in [3.8, 4) is 0 Å². The Hall–Kier alpha value is -1.88. The van der Waals surface area contributed by atoms with Gasteiger partial charge in [-0.25, -0.2) is 0 Å². The minimum absolute atomic E-state index is 0.315. The summed E-state index contributed by atoms with van der Waals surface area (Å²) in [7, 11) is 0. The highest BCUT2D eigenvalue weighted by Gasteiger charge is 2.11. The molecule has 1 aromatic rings. The van der Waals surface area contributed by atoms with E-state index in [0.717, 1.165) is 11.1 Å². The smallest absolute Gasteiger partial charge is 0.320 e. The Morgan fingerprint density at radius 3 is 2.53 bits per heavy atom. The van der Waals surface area contributed by atoms with E-state index >= 15 is 0 Å². The van der Waals surface area contributed by atoms with Gasteiger partial charge in [-0.1, -0.05) is 24.3 Å². The molecule has 80 valence electrons. The number of rotatable bonds is 4. The fraction of sp³-hybridized carbons (Fsp3) is 0.200. The van der Waals surface area contributed by atoms with E-state index < -0.39 is 12.0 Å². The molecule has 1 atom stereocenters. The Labute approximate surface area is 87.4 Å². The van der Waals surface area contributed by atoms with Crippen LogP contribution in [-0.2, 0) is 11.2 Å². The molecule has 1 aromatic carbocycles. The standard InChI is InChI=1S/C10H13N3O2/c11-9(10(14)15)5-7-1-3-8(4-2-7)6-13-12/h1-4,6,9H,5,11-12H2,(H,14,15)/t9-/m0/s1. The van der Waals surface area contributed by atoms with Gasteiger partial charge in [0.1, 0.15) is 6.04 Å². The summed E-state index contributed by atoms with van der Waals surface area (Å²) >= 11 is 0. The summed E-state index contributed by atoms with van der Waals surface area (Å²) in [6.45, 7) is 0. The average molecular weight is 207 g/mol. The van der Waals surface area contributed by atoms with E-state index in [4.69, 9.17) is 16.7 Å². The molecule has 0 aromatic heterocycles. The number of carboxylic acid groups (broad SMARTS) is 1. The SMILES string of the molecule is NN=Cc1ccc(C[C@H](N)C(=O)O)cc1. The highest BCUT2D eigenvalue weighted by Crippen LogP contribution is 2.05. The number of hydrazone groups is 1. The topological polar surface area (TPSA) is 102 Å². The molecular formula is C10H13N3O2. The van der Waals surface area contributed by atoms with Crippen molar-refractivity contribution in [3.05, 3.63) is 35.4 Å². The quantitative estimate of drug-likeness (QED) is 0.365. The van der Waals surface area contributed by atoms with Gasteiger partial charge >= 0.3 is 5.97 Å². The molecule has 0 bridgehead atoms. The predicted molar refractivity (Wildman–Crippen MR) is 57.5 cm³/mol. The average Bonchev–Trinajstić information content (AvgIpc) is 2.21. The van der Waals surface area contributed by atoms with Gasteiger partial charge in [0.2, 0.25) is 0 Å². The molecule has 0 aliphatic rings. The van der Waals surface area contributed by atoms with E-state index in [1.165, 1.54) is 6.21 Å². The first-order valence-corrected chi connectivity index (χ1v) is 4.44. The molecule has 0 heterocycles. The first-order valence-electron chi connectivity index (χ1n) is 4.44.